The van der Waals surface area contributed by atoms with Crippen molar-refractivity contribution in [3.05, 3.63) is 41.3 Å². The maximum Gasteiger partial charge on any atom is 0.103 e. The molecule has 0 aliphatic carbocycles. The number of hydrogen-bond acceptors (Lipinski definition) is 4. The van der Waals surface area contributed by atoms with Crippen LogP contribution in [0.5, 0.6) is 0 Å². The van der Waals surface area contributed by atoms with Crippen LogP contribution in [0.15, 0.2) is 30.7 Å². The van der Waals surface area contributed by atoms with E-state index in [0.29, 0.717) is 5.92 Å². The van der Waals surface area contributed by atoms with Crippen molar-refractivity contribution in [1.29, 1.82) is 0 Å². The summed E-state index contributed by atoms with van der Waals surface area (Å²) in [6, 6.07) is 4.30. The molecule has 0 radical (unpaired) electrons. The normalized spacial score (nSPS) is 20.5. The van der Waals surface area contributed by atoms with E-state index in [1.807, 2.05) is 28.0 Å². The first-order valence-electron chi connectivity index (χ1n) is 10.1. The van der Waals surface area contributed by atoms with Crippen LogP contribution >= 0.6 is 11.6 Å². The molecular weight excluding hydrogens is 374 g/mol. The van der Waals surface area contributed by atoms with Gasteiger partial charge in [0.25, 0.3) is 0 Å². The fourth-order valence-electron chi connectivity index (χ4n) is 4.53. The van der Waals surface area contributed by atoms with Gasteiger partial charge in [-0.25, -0.2) is 4.68 Å². The molecule has 2 saturated heterocycles. The minimum absolute atomic E-state index is 0.233. The van der Waals surface area contributed by atoms with Crippen LogP contribution in [0.4, 0.5) is 0 Å². The van der Waals surface area contributed by atoms with Crippen molar-refractivity contribution in [2.24, 2.45) is 0 Å². The molecule has 3 aromatic rings. The van der Waals surface area contributed by atoms with E-state index >= 15 is 0 Å². The highest BCUT2D eigenvalue weighted by atomic mass is 35.5. The summed E-state index contributed by atoms with van der Waals surface area (Å²) in [5, 5.41) is 10.9. The minimum Gasteiger partial charge on any atom is -0.377 e. The van der Waals surface area contributed by atoms with Gasteiger partial charge in [-0.15, -0.1) is 0 Å². The Kier molecular flexibility index (Phi) is 4.45. The third-order valence-electron chi connectivity index (χ3n) is 6.40. The summed E-state index contributed by atoms with van der Waals surface area (Å²) in [6.07, 6.45) is 8.03. The number of halogens is 1. The highest BCUT2D eigenvalue weighted by molar-refractivity contribution is 6.32. The van der Waals surface area contributed by atoms with Gasteiger partial charge in [-0.1, -0.05) is 11.6 Å². The van der Waals surface area contributed by atoms with Crippen LogP contribution in [0.2, 0.25) is 5.02 Å². The molecule has 148 valence electrons. The molecule has 2 aromatic heterocycles. The van der Waals surface area contributed by atoms with E-state index in [4.69, 9.17) is 16.3 Å². The van der Waals surface area contributed by atoms with Crippen LogP contribution in [0, 0.1) is 0 Å². The van der Waals surface area contributed by atoms with Crippen molar-refractivity contribution in [1.82, 2.24) is 24.5 Å². The van der Waals surface area contributed by atoms with Crippen LogP contribution in [-0.2, 0) is 11.3 Å². The van der Waals surface area contributed by atoms with Crippen LogP contribution < -0.4 is 0 Å². The van der Waals surface area contributed by atoms with Crippen molar-refractivity contribution < 1.29 is 4.74 Å². The van der Waals surface area contributed by atoms with E-state index in [-0.39, 0.29) is 5.54 Å². The Hall–Kier alpha value is -1.89. The number of rotatable bonds is 4. The van der Waals surface area contributed by atoms with E-state index in [1.54, 1.807) is 0 Å². The average Bonchev–Trinajstić information content (AvgIpc) is 3.32. The Morgan fingerprint density at radius 1 is 1.18 bits per heavy atom. The Balaban J connectivity index is 1.43. The summed E-state index contributed by atoms with van der Waals surface area (Å²) in [5.74, 6) is 0.486. The lowest BCUT2D eigenvalue weighted by Crippen LogP contribution is -2.61. The van der Waals surface area contributed by atoms with Crippen LogP contribution in [0.25, 0.3) is 16.6 Å². The monoisotopic (exact) mass is 399 g/mol. The molecule has 2 fully saturated rings. The third-order valence-corrected chi connectivity index (χ3v) is 6.73. The lowest BCUT2D eigenvalue weighted by molar-refractivity contribution is -0.136. The van der Waals surface area contributed by atoms with Crippen molar-refractivity contribution in [2.75, 3.05) is 26.3 Å². The minimum atomic E-state index is 0.233. The summed E-state index contributed by atoms with van der Waals surface area (Å²) in [4.78, 5) is 2.59. The molecule has 7 heteroatoms. The Labute approximate surface area is 170 Å². The molecule has 6 nitrogen and oxygen atoms in total. The molecule has 0 bridgehead atoms. The molecule has 0 saturated carbocycles. The van der Waals surface area contributed by atoms with E-state index < -0.39 is 0 Å². The quantitative estimate of drug-likeness (QED) is 0.668. The average molecular weight is 400 g/mol. The number of benzene rings is 1. The second-order valence-corrected chi connectivity index (χ2v) is 8.70. The van der Waals surface area contributed by atoms with Gasteiger partial charge in [0.1, 0.15) is 5.69 Å². The Bertz CT molecular complexity index is 998. The number of hydrogen-bond donors (Lipinski definition) is 0. The van der Waals surface area contributed by atoms with Crippen molar-refractivity contribution in [2.45, 2.75) is 44.7 Å². The number of piperidine rings is 1. The molecular formula is C21H26ClN5O. The first kappa shape index (κ1) is 18.2. The molecule has 2 aliphatic heterocycles. The summed E-state index contributed by atoms with van der Waals surface area (Å²) < 4.78 is 9.33. The SMILES string of the molecule is CCn1cc(-n2ncc3cc(Cl)c(C4CCN(C5(C)COC5)CC4)cc32)cn1. The lowest BCUT2D eigenvalue weighted by Gasteiger charge is -2.50. The predicted molar refractivity (Wildman–Crippen MR) is 110 cm³/mol. The van der Waals surface area contributed by atoms with E-state index in [2.05, 4.69) is 41.1 Å². The number of likely N-dealkylation sites (tertiary alicyclic amines) is 1. The van der Waals surface area contributed by atoms with Gasteiger partial charge in [0.2, 0.25) is 0 Å². The van der Waals surface area contributed by atoms with E-state index in [1.165, 1.54) is 5.56 Å². The third kappa shape index (κ3) is 2.95. The van der Waals surface area contributed by atoms with Crippen molar-refractivity contribution in [3.63, 3.8) is 0 Å². The van der Waals surface area contributed by atoms with Crippen LogP contribution in [0.3, 0.4) is 0 Å². The highest BCUT2D eigenvalue weighted by Gasteiger charge is 2.41. The van der Waals surface area contributed by atoms with E-state index in [0.717, 1.165) is 67.3 Å². The van der Waals surface area contributed by atoms with Gasteiger partial charge in [-0.3, -0.25) is 9.58 Å². The molecule has 0 amide bonds. The number of nitrogens with zero attached hydrogens (tertiary/aromatic N) is 5. The molecule has 4 heterocycles. The van der Waals surface area contributed by atoms with Crippen LogP contribution in [-0.4, -0.2) is 56.3 Å². The molecule has 0 unspecified atom stereocenters. The number of aryl methyl sites for hydroxylation is 1. The predicted octanol–water partition coefficient (Wildman–Crippen LogP) is 3.86. The first-order chi connectivity index (χ1) is 13.6. The molecule has 0 N–H and O–H groups in total. The topological polar surface area (TPSA) is 48.1 Å². The standard InChI is InChI=1S/C21H26ClN5O/c1-3-26-12-17(11-23-26)27-20-9-18(19(22)8-16(20)10-24-27)15-4-6-25(7-5-15)21(2)13-28-14-21/h8-12,15H,3-7,13-14H2,1-2H3. The molecule has 1 aromatic carbocycles. The van der Waals surface area contributed by atoms with Gasteiger partial charge in [0, 0.05) is 17.0 Å². The summed E-state index contributed by atoms with van der Waals surface area (Å²) >= 11 is 6.70. The van der Waals surface area contributed by atoms with Gasteiger partial charge in [0.05, 0.1) is 42.9 Å². The molecule has 28 heavy (non-hydrogen) atoms. The van der Waals surface area contributed by atoms with Gasteiger partial charge in [-0.2, -0.15) is 10.2 Å². The molecule has 2 aliphatic rings. The second-order valence-electron chi connectivity index (χ2n) is 8.29. The first-order valence-corrected chi connectivity index (χ1v) is 10.5. The van der Waals surface area contributed by atoms with Crippen LogP contribution in [0.1, 0.15) is 38.2 Å². The fourth-order valence-corrected chi connectivity index (χ4v) is 4.85. The smallest absolute Gasteiger partial charge is 0.103 e. The zero-order valence-electron chi connectivity index (χ0n) is 16.4. The van der Waals surface area contributed by atoms with Crippen molar-refractivity contribution in [3.8, 4) is 5.69 Å². The summed E-state index contributed by atoms with van der Waals surface area (Å²) in [7, 11) is 0. The maximum absolute atomic E-state index is 6.70. The number of fused-ring (bicyclic) bond motifs is 1. The largest absolute Gasteiger partial charge is 0.377 e. The fraction of sp³-hybridized carbons (Fsp3) is 0.524. The number of aromatic nitrogens is 4. The maximum atomic E-state index is 6.70. The second kappa shape index (κ2) is 6.87. The lowest BCUT2D eigenvalue weighted by atomic mass is 9.86. The summed E-state index contributed by atoms with van der Waals surface area (Å²) in [5.41, 5.74) is 3.56. The van der Waals surface area contributed by atoms with E-state index in [9.17, 15) is 0 Å². The summed E-state index contributed by atoms with van der Waals surface area (Å²) in [6.45, 7) is 9.15. The highest BCUT2D eigenvalue weighted by Crippen LogP contribution is 2.38. The van der Waals surface area contributed by atoms with Gasteiger partial charge in [-0.05, 0) is 63.4 Å². The van der Waals surface area contributed by atoms with Crippen molar-refractivity contribution >= 4 is 22.5 Å². The zero-order chi connectivity index (χ0) is 19.3. The van der Waals surface area contributed by atoms with Gasteiger partial charge >= 0.3 is 0 Å². The zero-order valence-corrected chi connectivity index (χ0v) is 17.2. The molecule has 5 rings (SSSR count). The number of ether oxygens (including phenoxy) is 1. The molecule has 0 atom stereocenters. The Morgan fingerprint density at radius 2 is 1.96 bits per heavy atom. The van der Waals surface area contributed by atoms with Gasteiger partial charge in [0.15, 0.2) is 0 Å². The molecule has 0 spiro atoms. The Morgan fingerprint density at radius 3 is 2.61 bits per heavy atom. The van der Waals surface area contributed by atoms with Gasteiger partial charge < -0.3 is 4.74 Å².